The Bertz CT molecular complexity index is 598. The number of aromatic amines is 1. The van der Waals surface area contributed by atoms with Crippen LogP contribution in [0.15, 0.2) is 60.9 Å². The first-order valence-corrected chi connectivity index (χ1v) is 5.90. The van der Waals surface area contributed by atoms with E-state index in [2.05, 4.69) is 63.7 Å². The number of rotatable bonds is 3. The highest BCUT2D eigenvalue weighted by molar-refractivity contribution is 5.63. The fourth-order valence-electron chi connectivity index (χ4n) is 1.95. The average molecular weight is 235 g/mol. The summed E-state index contributed by atoms with van der Waals surface area (Å²) in [5.41, 5.74) is 3.70. The van der Waals surface area contributed by atoms with Crippen LogP contribution < -0.4 is 0 Å². The van der Waals surface area contributed by atoms with Gasteiger partial charge in [0.25, 0.3) is 0 Å². The summed E-state index contributed by atoms with van der Waals surface area (Å²) in [5, 5.41) is 6.72. The maximum Gasteiger partial charge on any atom is 0.137 e. The highest BCUT2D eigenvalue weighted by Crippen LogP contribution is 2.19. The van der Waals surface area contributed by atoms with E-state index < -0.39 is 0 Å². The largest absolute Gasteiger partial charge is 0.263 e. The standard InChI is InChI=1S/C15H13N3/c1-2-4-13(5-3-1)14-8-6-12(7-9-14)10-15-16-11-17-18-15/h1-9,11H,10H2,(H,16,17,18). The van der Waals surface area contributed by atoms with Gasteiger partial charge in [-0.05, 0) is 16.7 Å². The van der Waals surface area contributed by atoms with Crippen molar-refractivity contribution in [2.75, 3.05) is 0 Å². The first-order chi connectivity index (χ1) is 8.92. The lowest BCUT2D eigenvalue weighted by atomic mass is 10.0. The van der Waals surface area contributed by atoms with Crippen LogP contribution in [0.25, 0.3) is 11.1 Å². The Labute approximate surface area is 106 Å². The van der Waals surface area contributed by atoms with E-state index in [0.29, 0.717) is 0 Å². The first kappa shape index (κ1) is 10.7. The third kappa shape index (κ3) is 2.30. The topological polar surface area (TPSA) is 41.6 Å². The molecule has 2 aromatic carbocycles. The summed E-state index contributed by atoms with van der Waals surface area (Å²) >= 11 is 0. The second-order valence-electron chi connectivity index (χ2n) is 4.17. The summed E-state index contributed by atoms with van der Waals surface area (Å²) < 4.78 is 0. The Hall–Kier alpha value is -2.42. The van der Waals surface area contributed by atoms with Crippen LogP contribution in [0, 0.1) is 0 Å². The third-order valence-electron chi connectivity index (χ3n) is 2.90. The van der Waals surface area contributed by atoms with Crippen molar-refractivity contribution in [1.82, 2.24) is 15.2 Å². The summed E-state index contributed by atoms with van der Waals surface area (Å²) in [6, 6.07) is 18.9. The fraction of sp³-hybridized carbons (Fsp3) is 0.0667. The molecular weight excluding hydrogens is 222 g/mol. The van der Waals surface area contributed by atoms with Gasteiger partial charge in [-0.2, -0.15) is 5.10 Å². The molecule has 3 heteroatoms. The van der Waals surface area contributed by atoms with E-state index in [4.69, 9.17) is 0 Å². The Morgan fingerprint density at radius 2 is 1.56 bits per heavy atom. The smallest absolute Gasteiger partial charge is 0.137 e. The Balaban J connectivity index is 1.81. The van der Waals surface area contributed by atoms with Crippen molar-refractivity contribution in [2.24, 2.45) is 0 Å². The van der Waals surface area contributed by atoms with E-state index in [9.17, 15) is 0 Å². The highest BCUT2D eigenvalue weighted by atomic mass is 15.2. The molecule has 3 nitrogen and oxygen atoms in total. The molecule has 18 heavy (non-hydrogen) atoms. The van der Waals surface area contributed by atoms with Crippen molar-refractivity contribution < 1.29 is 0 Å². The van der Waals surface area contributed by atoms with Gasteiger partial charge in [-0.3, -0.25) is 5.10 Å². The van der Waals surface area contributed by atoms with Crippen LogP contribution >= 0.6 is 0 Å². The maximum atomic E-state index is 4.13. The van der Waals surface area contributed by atoms with Crippen molar-refractivity contribution in [3.05, 3.63) is 72.3 Å². The van der Waals surface area contributed by atoms with Crippen LogP contribution in [0.2, 0.25) is 0 Å². The van der Waals surface area contributed by atoms with Gasteiger partial charge in [0.1, 0.15) is 12.2 Å². The molecule has 0 fully saturated rings. The predicted octanol–water partition coefficient (Wildman–Crippen LogP) is 3.06. The molecule has 3 rings (SSSR count). The van der Waals surface area contributed by atoms with Gasteiger partial charge in [-0.1, -0.05) is 54.6 Å². The predicted molar refractivity (Wildman–Crippen MR) is 71.1 cm³/mol. The Morgan fingerprint density at radius 1 is 0.833 bits per heavy atom. The van der Waals surface area contributed by atoms with Crippen LogP contribution in [-0.2, 0) is 6.42 Å². The molecule has 0 amide bonds. The second kappa shape index (κ2) is 4.84. The summed E-state index contributed by atoms with van der Waals surface area (Å²) in [5.74, 6) is 0.891. The molecule has 0 bridgehead atoms. The van der Waals surface area contributed by atoms with E-state index in [1.807, 2.05) is 6.07 Å². The lowest BCUT2D eigenvalue weighted by Crippen LogP contribution is -1.90. The molecule has 88 valence electrons. The van der Waals surface area contributed by atoms with E-state index in [1.165, 1.54) is 23.0 Å². The number of benzene rings is 2. The van der Waals surface area contributed by atoms with Crippen molar-refractivity contribution in [3.8, 4) is 11.1 Å². The molecule has 0 saturated heterocycles. The van der Waals surface area contributed by atoms with Crippen molar-refractivity contribution in [3.63, 3.8) is 0 Å². The zero-order valence-electron chi connectivity index (χ0n) is 9.88. The summed E-state index contributed by atoms with van der Waals surface area (Å²) in [7, 11) is 0. The summed E-state index contributed by atoms with van der Waals surface area (Å²) in [6.07, 6.45) is 2.32. The van der Waals surface area contributed by atoms with E-state index in [0.717, 1.165) is 12.2 Å². The van der Waals surface area contributed by atoms with E-state index in [-0.39, 0.29) is 0 Å². The lowest BCUT2D eigenvalue weighted by Gasteiger charge is -2.03. The molecule has 0 aliphatic rings. The van der Waals surface area contributed by atoms with E-state index >= 15 is 0 Å². The minimum absolute atomic E-state index is 0.787. The Morgan fingerprint density at radius 3 is 2.22 bits per heavy atom. The molecule has 0 atom stereocenters. The minimum atomic E-state index is 0.787. The molecule has 0 radical (unpaired) electrons. The van der Waals surface area contributed by atoms with Gasteiger partial charge in [-0.25, -0.2) is 4.98 Å². The third-order valence-corrected chi connectivity index (χ3v) is 2.90. The molecule has 0 unspecified atom stereocenters. The molecule has 0 saturated carbocycles. The summed E-state index contributed by atoms with van der Waals surface area (Å²) in [4.78, 5) is 4.13. The number of H-pyrrole nitrogens is 1. The van der Waals surface area contributed by atoms with Crippen LogP contribution in [0.4, 0.5) is 0 Å². The lowest BCUT2D eigenvalue weighted by molar-refractivity contribution is 0.972. The van der Waals surface area contributed by atoms with Gasteiger partial charge in [0.15, 0.2) is 0 Å². The molecule has 1 heterocycles. The van der Waals surface area contributed by atoms with Gasteiger partial charge in [0, 0.05) is 6.42 Å². The molecule has 3 aromatic rings. The zero-order chi connectivity index (χ0) is 12.2. The zero-order valence-corrected chi connectivity index (χ0v) is 9.88. The molecular formula is C15H13N3. The average Bonchev–Trinajstić information content (AvgIpc) is 2.94. The molecule has 0 aliphatic heterocycles. The van der Waals surface area contributed by atoms with Crippen molar-refractivity contribution in [2.45, 2.75) is 6.42 Å². The minimum Gasteiger partial charge on any atom is -0.263 e. The molecule has 1 aromatic heterocycles. The Kier molecular flexibility index (Phi) is 2.88. The van der Waals surface area contributed by atoms with Crippen LogP contribution in [0.1, 0.15) is 11.4 Å². The van der Waals surface area contributed by atoms with Crippen LogP contribution in [-0.4, -0.2) is 15.2 Å². The van der Waals surface area contributed by atoms with Gasteiger partial charge < -0.3 is 0 Å². The number of hydrogen-bond donors (Lipinski definition) is 1. The van der Waals surface area contributed by atoms with Gasteiger partial charge in [-0.15, -0.1) is 0 Å². The fourth-order valence-corrected chi connectivity index (χ4v) is 1.95. The summed E-state index contributed by atoms with van der Waals surface area (Å²) in [6.45, 7) is 0. The first-order valence-electron chi connectivity index (χ1n) is 5.90. The number of aromatic nitrogens is 3. The van der Waals surface area contributed by atoms with Gasteiger partial charge in [0.2, 0.25) is 0 Å². The quantitative estimate of drug-likeness (QED) is 0.758. The van der Waals surface area contributed by atoms with E-state index in [1.54, 1.807) is 0 Å². The maximum absolute atomic E-state index is 4.13. The van der Waals surface area contributed by atoms with Crippen molar-refractivity contribution >= 4 is 0 Å². The highest BCUT2D eigenvalue weighted by Gasteiger charge is 2.00. The number of nitrogens with zero attached hydrogens (tertiary/aromatic N) is 2. The molecule has 0 spiro atoms. The molecule has 0 aliphatic carbocycles. The van der Waals surface area contributed by atoms with Gasteiger partial charge in [0.05, 0.1) is 0 Å². The normalized spacial score (nSPS) is 10.4. The van der Waals surface area contributed by atoms with Crippen molar-refractivity contribution in [1.29, 1.82) is 0 Å². The van der Waals surface area contributed by atoms with Crippen LogP contribution in [0.5, 0.6) is 0 Å². The SMILES string of the molecule is c1ccc(-c2ccc(Cc3ncn[nH]3)cc2)cc1. The number of nitrogens with one attached hydrogen (secondary N) is 1. The molecule has 1 N–H and O–H groups in total. The number of hydrogen-bond acceptors (Lipinski definition) is 2. The monoisotopic (exact) mass is 235 g/mol. The second-order valence-corrected chi connectivity index (χ2v) is 4.17. The van der Waals surface area contributed by atoms with Gasteiger partial charge >= 0.3 is 0 Å². The van der Waals surface area contributed by atoms with Crippen LogP contribution in [0.3, 0.4) is 0 Å².